The smallest absolute Gasteiger partial charge is 0.320 e. The van der Waals surface area contributed by atoms with E-state index >= 15 is 0 Å². The molecule has 0 radical (unpaired) electrons. The summed E-state index contributed by atoms with van der Waals surface area (Å²) in [4.78, 5) is 61.1. The van der Waals surface area contributed by atoms with Crippen LogP contribution in [0.2, 0.25) is 0 Å². The number of hydrogen-bond acceptors (Lipinski definition) is 6. The molecule has 210 valence electrons. The van der Waals surface area contributed by atoms with Crippen LogP contribution in [0.4, 0.5) is 16.3 Å². The number of benzene rings is 1. The molecule has 40 heavy (non-hydrogen) atoms. The third-order valence-electron chi connectivity index (χ3n) is 8.73. The Balaban J connectivity index is 1.14. The minimum atomic E-state index is -0.668. The molecular weight excluding hydrogens is 510 g/mol. The number of rotatable bonds is 4. The predicted octanol–water partition coefficient (Wildman–Crippen LogP) is 1.35. The van der Waals surface area contributed by atoms with Gasteiger partial charge in [0.1, 0.15) is 12.4 Å². The van der Waals surface area contributed by atoms with Gasteiger partial charge in [-0.15, -0.1) is 0 Å². The number of urea groups is 1. The van der Waals surface area contributed by atoms with Crippen LogP contribution in [0, 0.1) is 0 Å². The van der Waals surface area contributed by atoms with E-state index in [1.807, 2.05) is 30.3 Å². The van der Waals surface area contributed by atoms with Gasteiger partial charge in [-0.05, 0) is 61.6 Å². The van der Waals surface area contributed by atoms with Crippen LogP contribution in [0.25, 0.3) is 0 Å². The minimum absolute atomic E-state index is 0.00881. The molecule has 0 saturated carbocycles. The first-order valence-electron chi connectivity index (χ1n) is 14.0. The van der Waals surface area contributed by atoms with E-state index in [2.05, 4.69) is 20.9 Å². The fourth-order valence-corrected chi connectivity index (χ4v) is 6.55. The summed E-state index contributed by atoms with van der Waals surface area (Å²) in [6, 6.07) is 9.36. The monoisotopic (exact) mass is 545 g/mol. The van der Waals surface area contributed by atoms with Crippen molar-refractivity contribution in [3.63, 3.8) is 0 Å². The number of anilines is 2. The molecule has 0 unspecified atom stereocenters. The Bertz CT molecular complexity index is 1350. The van der Waals surface area contributed by atoms with E-state index in [4.69, 9.17) is 0 Å². The standard InChI is InChI=1S/C29H35N7O4/c1-19(37)34-10-12-35(13-11-34)28(40)36(23-4-2-8-30-17-23)18-25(38)32-22-7-6-20-15-29(16-21(20)14-22)24-5-3-9-31-26(24)33-27(29)39/h3,5-7,9,14,23,30H,2,4,8,10-13,15-18H2,1H3,(H,32,38)(H,31,33,39)/t23-,29+/m0/s1. The zero-order valence-corrected chi connectivity index (χ0v) is 22.7. The molecule has 11 nitrogen and oxygen atoms in total. The molecule has 2 saturated heterocycles. The molecule has 1 aromatic heterocycles. The van der Waals surface area contributed by atoms with Crippen molar-refractivity contribution < 1.29 is 19.2 Å². The van der Waals surface area contributed by atoms with Gasteiger partial charge in [0.25, 0.3) is 0 Å². The predicted molar refractivity (Wildman–Crippen MR) is 149 cm³/mol. The molecule has 1 aliphatic carbocycles. The Morgan fingerprint density at radius 1 is 1.10 bits per heavy atom. The highest BCUT2D eigenvalue weighted by molar-refractivity contribution is 6.06. The average molecular weight is 546 g/mol. The number of carbonyl (C=O) groups is 4. The lowest BCUT2D eigenvalue weighted by Gasteiger charge is -2.40. The number of piperidine rings is 1. The molecular formula is C29H35N7O4. The second kappa shape index (κ2) is 10.5. The van der Waals surface area contributed by atoms with Crippen molar-refractivity contribution in [3.8, 4) is 0 Å². The van der Waals surface area contributed by atoms with E-state index < -0.39 is 5.41 Å². The highest BCUT2D eigenvalue weighted by Crippen LogP contribution is 2.46. The molecule has 2 fully saturated rings. The van der Waals surface area contributed by atoms with E-state index in [9.17, 15) is 19.2 Å². The van der Waals surface area contributed by atoms with E-state index in [1.165, 1.54) is 0 Å². The zero-order chi connectivity index (χ0) is 27.9. The Kier molecular flexibility index (Phi) is 6.91. The quantitative estimate of drug-likeness (QED) is 0.532. The fraction of sp³-hybridized carbons (Fsp3) is 0.483. The molecule has 5 amide bonds. The zero-order valence-electron chi connectivity index (χ0n) is 22.7. The molecule has 3 N–H and O–H groups in total. The van der Waals surface area contributed by atoms with Gasteiger partial charge < -0.3 is 30.7 Å². The average Bonchev–Trinajstić information content (AvgIpc) is 3.48. The van der Waals surface area contributed by atoms with Crippen molar-refractivity contribution >= 4 is 35.3 Å². The topological polar surface area (TPSA) is 127 Å². The SMILES string of the molecule is CC(=O)N1CCN(C(=O)N(CC(=O)Nc2ccc3c(c2)C[C@@]2(C3)C(=O)Nc3ncccc32)[C@H]2CCCNC2)CC1. The van der Waals surface area contributed by atoms with Crippen LogP contribution in [0.5, 0.6) is 0 Å². The first-order valence-corrected chi connectivity index (χ1v) is 14.0. The number of carbonyl (C=O) groups excluding carboxylic acids is 4. The van der Waals surface area contributed by atoms with Gasteiger partial charge in [0.05, 0.1) is 5.41 Å². The van der Waals surface area contributed by atoms with Gasteiger partial charge in [-0.25, -0.2) is 9.78 Å². The molecule has 3 aliphatic heterocycles. The summed E-state index contributed by atoms with van der Waals surface area (Å²) in [5, 5.41) is 9.26. The molecule has 6 rings (SSSR count). The second-order valence-corrected chi connectivity index (χ2v) is 11.2. The summed E-state index contributed by atoms with van der Waals surface area (Å²) >= 11 is 0. The largest absolute Gasteiger partial charge is 0.339 e. The molecule has 0 bridgehead atoms. The summed E-state index contributed by atoms with van der Waals surface area (Å²) in [6.45, 7) is 4.94. The van der Waals surface area contributed by atoms with Gasteiger partial charge in [-0.2, -0.15) is 0 Å². The van der Waals surface area contributed by atoms with Crippen LogP contribution in [-0.2, 0) is 32.6 Å². The normalized spacial score (nSPS) is 23.4. The Morgan fingerprint density at radius 3 is 2.62 bits per heavy atom. The Hall–Kier alpha value is -3.99. The van der Waals surface area contributed by atoms with Gasteiger partial charge in [0.2, 0.25) is 17.7 Å². The first kappa shape index (κ1) is 26.2. The van der Waals surface area contributed by atoms with Crippen LogP contribution in [0.3, 0.4) is 0 Å². The van der Waals surface area contributed by atoms with Crippen LogP contribution in [0.1, 0.15) is 36.5 Å². The summed E-state index contributed by atoms with van der Waals surface area (Å²) in [5.74, 6) is 0.331. The van der Waals surface area contributed by atoms with E-state index in [-0.39, 0.29) is 36.3 Å². The maximum absolute atomic E-state index is 13.6. The van der Waals surface area contributed by atoms with Gasteiger partial charge in [0, 0.05) is 63.1 Å². The molecule has 2 atom stereocenters. The summed E-state index contributed by atoms with van der Waals surface area (Å²) in [5.41, 5.74) is 3.01. The number of nitrogens with one attached hydrogen (secondary N) is 3. The van der Waals surface area contributed by atoms with Crippen LogP contribution in [-0.4, -0.2) is 95.3 Å². The van der Waals surface area contributed by atoms with Crippen LogP contribution < -0.4 is 16.0 Å². The van der Waals surface area contributed by atoms with Crippen molar-refractivity contribution in [1.29, 1.82) is 0 Å². The van der Waals surface area contributed by atoms with E-state index in [0.29, 0.717) is 57.1 Å². The van der Waals surface area contributed by atoms with Crippen molar-refractivity contribution in [1.82, 2.24) is 25.0 Å². The van der Waals surface area contributed by atoms with Crippen molar-refractivity contribution in [2.45, 2.75) is 44.1 Å². The number of piperazine rings is 1. The van der Waals surface area contributed by atoms with E-state index in [1.54, 1.807) is 27.8 Å². The summed E-state index contributed by atoms with van der Waals surface area (Å²) < 4.78 is 0. The van der Waals surface area contributed by atoms with Crippen LogP contribution >= 0.6 is 0 Å². The molecule has 11 heteroatoms. The van der Waals surface area contributed by atoms with Crippen LogP contribution in [0.15, 0.2) is 36.5 Å². The lowest BCUT2D eigenvalue weighted by molar-refractivity contribution is -0.130. The van der Waals surface area contributed by atoms with Gasteiger partial charge in [0.15, 0.2) is 0 Å². The van der Waals surface area contributed by atoms with Gasteiger partial charge >= 0.3 is 6.03 Å². The number of pyridine rings is 1. The highest BCUT2D eigenvalue weighted by atomic mass is 16.2. The third kappa shape index (κ3) is 4.78. The Labute approximate surface area is 233 Å². The lowest BCUT2D eigenvalue weighted by Crippen LogP contribution is -2.58. The van der Waals surface area contributed by atoms with Crippen molar-refractivity contribution in [2.75, 3.05) is 56.4 Å². The first-order chi connectivity index (χ1) is 19.3. The molecule has 1 spiro atoms. The van der Waals surface area contributed by atoms with Crippen molar-refractivity contribution in [3.05, 3.63) is 53.2 Å². The van der Waals surface area contributed by atoms with Gasteiger partial charge in [-0.1, -0.05) is 12.1 Å². The van der Waals surface area contributed by atoms with Crippen molar-refractivity contribution in [2.24, 2.45) is 0 Å². The summed E-state index contributed by atoms with van der Waals surface area (Å²) in [7, 11) is 0. The third-order valence-corrected chi connectivity index (χ3v) is 8.73. The lowest BCUT2D eigenvalue weighted by atomic mass is 9.79. The number of amides is 5. The number of fused-ring (bicyclic) bond motifs is 3. The number of nitrogens with zero attached hydrogens (tertiary/aromatic N) is 4. The Morgan fingerprint density at radius 2 is 1.88 bits per heavy atom. The molecule has 2 aromatic rings. The van der Waals surface area contributed by atoms with E-state index in [0.717, 1.165) is 36.1 Å². The highest BCUT2D eigenvalue weighted by Gasteiger charge is 2.51. The fourth-order valence-electron chi connectivity index (χ4n) is 6.55. The van der Waals surface area contributed by atoms with Gasteiger partial charge in [-0.3, -0.25) is 14.4 Å². The molecule has 4 heterocycles. The maximum Gasteiger partial charge on any atom is 0.320 e. The number of aromatic nitrogens is 1. The second-order valence-electron chi connectivity index (χ2n) is 11.2. The molecule has 4 aliphatic rings. The summed E-state index contributed by atoms with van der Waals surface area (Å²) in [6.07, 6.45) is 4.58. The number of hydrogen-bond donors (Lipinski definition) is 3. The maximum atomic E-state index is 13.6. The minimum Gasteiger partial charge on any atom is -0.339 e. The molecule has 1 aromatic carbocycles.